The fourth-order valence-electron chi connectivity index (χ4n) is 0.868. The standard InChI is InChI=1S/C7H2Cl2F5N/c8-3-1-2(7(12,13)14)4(9)5(15-3)6(10)11/h1,6H. The molecule has 0 saturated carbocycles. The van der Waals surface area contributed by atoms with Crippen LogP contribution in [0.15, 0.2) is 6.07 Å². The Morgan fingerprint density at radius 2 is 1.73 bits per heavy atom. The van der Waals surface area contributed by atoms with Crippen LogP contribution in [0.5, 0.6) is 0 Å². The third-order valence-corrected chi connectivity index (χ3v) is 2.05. The number of hydrogen-bond donors (Lipinski definition) is 0. The van der Waals surface area contributed by atoms with E-state index in [9.17, 15) is 22.0 Å². The molecule has 0 amide bonds. The van der Waals surface area contributed by atoms with Crippen molar-refractivity contribution in [2.24, 2.45) is 0 Å². The zero-order valence-corrected chi connectivity index (χ0v) is 8.26. The first kappa shape index (κ1) is 12.4. The first-order chi connectivity index (χ1) is 6.73. The highest BCUT2D eigenvalue weighted by Crippen LogP contribution is 2.39. The summed E-state index contributed by atoms with van der Waals surface area (Å²) < 4.78 is 61.2. The van der Waals surface area contributed by atoms with Gasteiger partial charge in [0.15, 0.2) is 0 Å². The molecule has 0 aliphatic rings. The summed E-state index contributed by atoms with van der Waals surface area (Å²) >= 11 is 10.3. The van der Waals surface area contributed by atoms with Crippen molar-refractivity contribution in [1.82, 2.24) is 4.98 Å². The van der Waals surface area contributed by atoms with Crippen LogP contribution in [0.1, 0.15) is 17.7 Å². The summed E-state index contributed by atoms with van der Waals surface area (Å²) in [5.74, 6) is 0. The summed E-state index contributed by atoms with van der Waals surface area (Å²) in [6.45, 7) is 0. The van der Waals surface area contributed by atoms with Crippen LogP contribution < -0.4 is 0 Å². The molecule has 0 bridgehead atoms. The average Bonchev–Trinajstić information content (AvgIpc) is 2.06. The quantitative estimate of drug-likeness (QED) is 0.544. The zero-order valence-electron chi connectivity index (χ0n) is 6.75. The van der Waals surface area contributed by atoms with Crippen LogP contribution in [0.2, 0.25) is 10.2 Å². The monoisotopic (exact) mass is 265 g/mol. The average molecular weight is 266 g/mol. The Balaban J connectivity index is 3.42. The predicted octanol–water partition coefficient (Wildman–Crippen LogP) is 4.34. The van der Waals surface area contributed by atoms with Gasteiger partial charge in [-0.05, 0) is 6.07 Å². The Labute approximate surface area is 90.8 Å². The molecule has 1 aromatic heterocycles. The van der Waals surface area contributed by atoms with Crippen molar-refractivity contribution in [2.75, 3.05) is 0 Å². The van der Waals surface area contributed by atoms with Crippen molar-refractivity contribution < 1.29 is 22.0 Å². The van der Waals surface area contributed by atoms with Crippen LogP contribution in [-0.2, 0) is 6.18 Å². The normalized spacial score (nSPS) is 12.3. The molecule has 1 heterocycles. The van der Waals surface area contributed by atoms with E-state index in [1.807, 2.05) is 0 Å². The minimum atomic E-state index is -4.84. The Morgan fingerprint density at radius 1 is 1.20 bits per heavy atom. The Hall–Kier alpha value is -0.620. The fraction of sp³-hybridized carbons (Fsp3) is 0.286. The van der Waals surface area contributed by atoms with Crippen LogP contribution >= 0.6 is 23.2 Å². The maximum atomic E-state index is 12.3. The zero-order chi connectivity index (χ0) is 11.8. The van der Waals surface area contributed by atoms with Gasteiger partial charge in [0, 0.05) is 0 Å². The van der Waals surface area contributed by atoms with Crippen molar-refractivity contribution in [1.29, 1.82) is 0 Å². The van der Waals surface area contributed by atoms with Crippen molar-refractivity contribution in [3.63, 3.8) is 0 Å². The third-order valence-electron chi connectivity index (χ3n) is 1.46. The van der Waals surface area contributed by atoms with Gasteiger partial charge in [-0.25, -0.2) is 13.8 Å². The smallest absolute Gasteiger partial charge is 0.234 e. The second-order valence-electron chi connectivity index (χ2n) is 2.49. The second kappa shape index (κ2) is 4.09. The first-order valence-electron chi connectivity index (χ1n) is 3.44. The molecular weight excluding hydrogens is 264 g/mol. The van der Waals surface area contributed by atoms with Gasteiger partial charge >= 0.3 is 6.18 Å². The van der Waals surface area contributed by atoms with E-state index in [1.165, 1.54) is 0 Å². The molecule has 0 saturated heterocycles. The molecular formula is C7H2Cl2F5N. The van der Waals surface area contributed by atoms with Gasteiger partial charge in [0.05, 0.1) is 10.6 Å². The highest BCUT2D eigenvalue weighted by Gasteiger charge is 2.36. The molecule has 15 heavy (non-hydrogen) atoms. The van der Waals surface area contributed by atoms with Crippen LogP contribution in [0, 0.1) is 0 Å². The predicted molar refractivity (Wildman–Crippen MR) is 44.2 cm³/mol. The lowest BCUT2D eigenvalue weighted by molar-refractivity contribution is -0.137. The molecule has 84 valence electrons. The Kier molecular flexibility index (Phi) is 3.40. The molecule has 0 spiro atoms. The van der Waals surface area contributed by atoms with Crippen molar-refractivity contribution in [3.05, 3.63) is 27.5 Å². The van der Waals surface area contributed by atoms with Gasteiger partial charge in [-0.15, -0.1) is 0 Å². The number of pyridine rings is 1. The molecule has 0 N–H and O–H groups in total. The minimum absolute atomic E-state index is 0.399. The Bertz CT molecular complexity index is 376. The van der Waals surface area contributed by atoms with Crippen molar-refractivity contribution in [2.45, 2.75) is 12.6 Å². The number of nitrogens with zero attached hydrogens (tertiary/aromatic N) is 1. The maximum Gasteiger partial charge on any atom is 0.418 e. The molecule has 0 atom stereocenters. The maximum absolute atomic E-state index is 12.3. The topological polar surface area (TPSA) is 12.9 Å². The second-order valence-corrected chi connectivity index (χ2v) is 3.26. The molecule has 1 nitrogen and oxygen atoms in total. The van der Waals surface area contributed by atoms with E-state index in [4.69, 9.17) is 23.2 Å². The van der Waals surface area contributed by atoms with E-state index < -0.39 is 34.0 Å². The van der Waals surface area contributed by atoms with E-state index in [1.54, 1.807) is 0 Å². The van der Waals surface area contributed by atoms with Gasteiger partial charge < -0.3 is 0 Å². The van der Waals surface area contributed by atoms with E-state index in [0.717, 1.165) is 0 Å². The summed E-state index contributed by atoms with van der Waals surface area (Å²) in [6, 6.07) is 0.399. The van der Waals surface area contributed by atoms with E-state index in [0.29, 0.717) is 6.07 Å². The van der Waals surface area contributed by atoms with Crippen LogP contribution in [0.4, 0.5) is 22.0 Å². The number of alkyl halides is 5. The highest BCUT2D eigenvalue weighted by atomic mass is 35.5. The van der Waals surface area contributed by atoms with Gasteiger partial charge in [0.1, 0.15) is 10.8 Å². The van der Waals surface area contributed by atoms with Gasteiger partial charge in [-0.2, -0.15) is 13.2 Å². The first-order valence-corrected chi connectivity index (χ1v) is 4.20. The van der Waals surface area contributed by atoms with Gasteiger partial charge in [-0.3, -0.25) is 0 Å². The van der Waals surface area contributed by atoms with Crippen LogP contribution in [0.25, 0.3) is 0 Å². The SMILES string of the molecule is FC(F)c1nc(Cl)cc(C(F)(F)F)c1Cl. The third kappa shape index (κ3) is 2.69. The van der Waals surface area contributed by atoms with Gasteiger partial charge in [0.25, 0.3) is 6.43 Å². The largest absolute Gasteiger partial charge is 0.418 e. The fourth-order valence-corrected chi connectivity index (χ4v) is 1.35. The van der Waals surface area contributed by atoms with E-state index >= 15 is 0 Å². The molecule has 0 aliphatic heterocycles. The van der Waals surface area contributed by atoms with Crippen LogP contribution in [0.3, 0.4) is 0 Å². The molecule has 1 rings (SSSR count). The highest BCUT2D eigenvalue weighted by molar-refractivity contribution is 6.33. The molecule has 0 fully saturated rings. The van der Waals surface area contributed by atoms with Gasteiger partial charge in [0.2, 0.25) is 0 Å². The lowest BCUT2D eigenvalue weighted by atomic mass is 10.2. The lowest BCUT2D eigenvalue weighted by Gasteiger charge is -2.11. The molecule has 1 aromatic rings. The summed E-state index contributed by atoms with van der Waals surface area (Å²) in [6.07, 6.45) is -8.05. The molecule has 0 radical (unpaired) electrons. The van der Waals surface area contributed by atoms with Crippen molar-refractivity contribution >= 4 is 23.2 Å². The lowest BCUT2D eigenvalue weighted by Crippen LogP contribution is -2.09. The Morgan fingerprint density at radius 3 is 2.13 bits per heavy atom. The summed E-state index contributed by atoms with van der Waals surface area (Å²) in [7, 11) is 0. The summed E-state index contributed by atoms with van der Waals surface area (Å²) in [5, 5.41) is -1.80. The number of halogens is 7. The molecule has 0 aliphatic carbocycles. The van der Waals surface area contributed by atoms with Crippen molar-refractivity contribution in [3.8, 4) is 0 Å². The minimum Gasteiger partial charge on any atom is -0.234 e. The van der Waals surface area contributed by atoms with Gasteiger partial charge in [-0.1, -0.05) is 23.2 Å². The van der Waals surface area contributed by atoms with E-state index in [2.05, 4.69) is 4.98 Å². The van der Waals surface area contributed by atoms with Crippen LogP contribution in [-0.4, -0.2) is 4.98 Å². The molecule has 8 heteroatoms. The number of hydrogen-bond acceptors (Lipinski definition) is 1. The van der Waals surface area contributed by atoms with E-state index in [-0.39, 0.29) is 0 Å². The number of aromatic nitrogens is 1. The number of rotatable bonds is 1. The molecule has 0 aromatic carbocycles. The summed E-state index contributed by atoms with van der Waals surface area (Å²) in [5.41, 5.74) is -2.59. The molecule has 0 unspecified atom stereocenters. The summed E-state index contributed by atoms with van der Waals surface area (Å²) in [4.78, 5) is 3.03.